The van der Waals surface area contributed by atoms with Crippen LogP contribution in [0, 0.1) is 0 Å². The third-order valence-corrected chi connectivity index (χ3v) is 8.19. The van der Waals surface area contributed by atoms with Crippen LogP contribution in [-0.2, 0) is 34.2 Å². The number of carbonyl (C=O) groups is 2. The summed E-state index contributed by atoms with van der Waals surface area (Å²) in [6.07, 6.45) is -2.36. The summed E-state index contributed by atoms with van der Waals surface area (Å²) in [5, 5.41) is 2.28. The van der Waals surface area contributed by atoms with Gasteiger partial charge in [0, 0.05) is 13.0 Å². The van der Waals surface area contributed by atoms with Crippen LogP contribution in [0.3, 0.4) is 0 Å². The van der Waals surface area contributed by atoms with Crippen molar-refractivity contribution >= 4 is 38.0 Å². The molecule has 1 N–H and O–H groups in total. The molecule has 0 saturated carbocycles. The summed E-state index contributed by atoms with van der Waals surface area (Å²) in [5.41, 5.74) is 1.09. The third-order valence-electron chi connectivity index (χ3n) is 6.64. The summed E-state index contributed by atoms with van der Waals surface area (Å²) in [4.78, 5) is 25.0. The topological polar surface area (TPSA) is 111 Å². The molecule has 5 rings (SSSR count). The highest BCUT2D eigenvalue weighted by Crippen LogP contribution is 2.45. The van der Waals surface area contributed by atoms with Gasteiger partial charge in [0.2, 0.25) is 5.91 Å². The van der Waals surface area contributed by atoms with Crippen LogP contribution < -0.4 is 5.32 Å². The van der Waals surface area contributed by atoms with Crippen molar-refractivity contribution in [2.24, 2.45) is 0 Å². The molecule has 39 heavy (non-hydrogen) atoms. The Bertz CT molecular complexity index is 1330. The predicted octanol–water partition coefficient (Wildman–Crippen LogP) is 3.73. The van der Waals surface area contributed by atoms with Gasteiger partial charge in [0.05, 0.1) is 11.1 Å². The van der Waals surface area contributed by atoms with Gasteiger partial charge in [-0.05, 0) is 16.7 Å². The molecule has 0 radical (unpaired) electrons. The van der Waals surface area contributed by atoms with Crippen LogP contribution in [0.25, 0.3) is 0 Å². The molecule has 2 saturated heterocycles. The van der Waals surface area contributed by atoms with E-state index in [1.165, 1.54) is 4.90 Å². The number of halogens is 1. The minimum atomic E-state index is -3.96. The van der Waals surface area contributed by atoms with E-state index in [1.807, 2.05) is 91.0 Å². The maximum absolute atomic E-state index is 12.7. The van der Waals surface area contributed by atoms with Crippen molar-refractivity contribution in [3.8, 4) is 0 Å². The molecular formula is C28H27BrN2O7S. The number of imide groups is 1. The molecule has 2 fully saturated rings. The molecule has 3 aromatic rings. The van der Waals surface area contributed by atoms with Gasteiger partial charge in [-0.1, -0.05) is 107 Å². The molecule has 4 unspecified atom stereocenters. The Kier molecular flexibility index (Phi) is 7.88. The van der Waals surface area contributed by atoms with Gasteiger partial charge in [-0.15, -0.1) is 0 Å². The third kappa shape index (κ3) is 5.64. The van der Waals surface area contributed by atoms with Crippen LogP contribution in [0.1, 0.15) is 23.1 Å². The smallest absolute Gasteiger partial charge is 0.326 e. The van der Waals surface area contributed by atoms with Crippen molar-refractivity contribution in [3.05, 3.63) is 108 Å². The van der Waals surface area contributed by atoms with Crippen LogP contribution in [-0.4, -0.2) is 61.5 Å². The highest BCUT2D eigenvalue weighted by Gasteiger charge is 2.54. The molecule has 3 amide bonds. The second-order valence-electron chi connectivity index (χ2n) is 9.30. The molecule has 2 heterocycles. The van der Waals surface area contributed by atoms with Crippen LogP contribution in [0.15, 0.2) is 91.0 Å². The summed E-state index contributed by atoms with van der Waals surface area (Å²) < 4.78 is 43.4. The average Bonchev–Trinajstić information content (AvgIpc) is 3.21. The molecular weight excluding hydrogens is 588 g/mol. The Labute approximate surface area is 235 Å². The average molecular weight is 616 g/mol. The number of alkyl halides is 1. The van der Waals surface area contributed by atoms with E-state index in [4.69, 9.17) is 13.7 Å². The van der Waals surface area contributed by atoms with E-state index in [-0.39, 0.29) is 13.0 Å². The van der Waals surface area contributed by atoms with E-state index in [9.17, 15) is 18.0 Å². The number of carbonyl (C=O) groups excluding carboxylic acids is 2. The Morgan fingerprint density at radius 2 is 1.38 bits per heavy atom. The Hall–Kier alpha value is -3.09. The van der Waals surface area contributed by atoms with Gasteiger partial charge in [0.25, 0.3) is 10.1 Å². The van der Waals surface area contributed by atoms with Crippen molar-refractivity contribution in [3.63, 3.8) is 0 Å². The fraction of sp³-hybridized carbons (Fsp3) is 0.286. The van der Waals surface area contributed by atoms with Crippen molar-refractivity contribution in [1.82, 2.24) is 10.2 Å². The number of hydrogen-bond acceptors (Lipinski definition) is 7. The van der Waals surface area contributed by atoms with Crippen LogP contribution in [0.5, 0.6) is 0 Å². The molecule has 204 valence electrons. The van der Waals surface area contributed by atoms with Crippen molar-refractivity contribution in [2.75, 3.05) is 12.8 Å². The van der Waals surface area contributed by atoms with E-state index in [1.54, 1.807) is 0 Å². The SMILES string of the molecule is CS(=O)(=O)OC1C(OC(c2ccccc2)(c2ccccc2)c2ccccc2)OC(N2CCC(=O)NC2=O)C1Br. The molecule has 11 heteroatoms. The van der Waals surface area contributed by atoms with Gasteiger partial charge in [-0.25, -0.2) is 4.79 Å². The maximum Gasteiger partial charge on any atom is 0.326 e. The number of amides is 3. The standard InChI is InChI=1S/C28H27BrN2O7S/c1-39(34,35)38-24-23(29)25(31-18-17-22(32)30-27(31)33)36-26(24)37-28(19-11-5-2-6-12-19,20-13-7-3-8-14-20)21-15-9-4-10-16-21/h2-16,23-26H,17-18H2,1H3,(H,30,32,33). The number of ether oxygens (including phenoxy) is 2. The number of urea groups is 1. The van der Waals surface area contributed by atoms with Gasteiger partial charge in [0.15, 0.2) is 12.5 Å². The first kappa shape index (κ1) is 27.5. The summed E-state index contributed by atoms with van der Waals surface area (Å²) in [5.74, 6) is -0.395. The quantitative estimate of drug-likeness (QED) is 0.234. The highest BCUT2D eigenvalue weighted by molar-refractivity contribution is 9.09. The fourth-order valence-corrected chi connectivity index (χ4v) is 6.48. The number of hydrogen-bond donors (Lipinski definition) is 1. The molecule has 9 nitrogen and oxygen atoms in total. The number of nitrogens with one attached hydrogen (secondary N) is 1. The van der Waals surface area contributed by atoms with Gasteiger partial charge >= 0.3 is 6.03 Å². The Morgan fingerprint density at radius 3 is 1.82 bits per heavy atom. The lowest BCUT2D eigenvalue weighted by molar-refractivity contribution is -0.216. The zero-order valence-electron chi connectivity index (χ0n) is 21.0. The lowest BCUT2D eigenvalue weighted by Crippen LogP contribution is -2.55. The zero-order valence-corrected chi connectivity index (χ0v) is 23.4. The lowest BCUT2D eigenvalue weighted by atomic mass is 9.80. The Balaban J connectivity index is 1.63. The van der Waals surface area contributed by atoms with Gasteiger partial charge in [-0.2, -0.15) is 8.42 Å². The number of rotatable bonds is 8. The summed E-state index contributed by atoms with van der Waals surface area (Å²) in [7, 11) is -3.96. The fourth-order valence-electron chi connectivity index (χ4n) is 4.96. The first-order valence-corrected chi connectivity index (χ1v) is 15.0. The second kappa shape index (κ2) is 11.2. The minimum absolute atomic E-state index is 0.0798. The first-order valence-electron chi connectivity index (χ1n) is 12.3. The second-order valence-corrected chi connectivity index (χ2v) is 12.0. The summed E-state index contributed by atoms with van der Waals surface area (Å²) in [6, 6.07) is 28.0. The maximum atomic E-state index is 12.7. The summed E-state index contributed by atoms with van der Waals surface area (Å²) in [6.45, 7) is 0.0942. The molecule has 0 aromatic heterocycles. The van der Waals surface area contributed by atoms with Crippen molar-refractivity contribution < 1.29 is 31.7 Å². The Morgan fingerprint density at radius 1 is 0.897 bits per heavy atom. The normalized spacial score (nSPS) is 24.0. The van der Waals surface area contributed by atoms with Gasteiger partial charge < -0.3 is 9.47 Å². The van der Waals surface area contributed by atoms with Gasteiger partial charge in [-0.3, -0.25) is 19.2 Å². The van der Waals surface area contributed by atoms with Crippen LogP contribution >= 0.6 is 15.9 Å². The monoisotopic (exact) mass is 614 g/mol. The van der Waals surface area contributed by atoms with Crippen LogP contribution in [0.2, 0.25) is 0 Å². The number of nitrogens with zero attached hydrogens (tertiary/aromatic N) is 1. The van der Waals surface area contributed by atoms with E-state index >= 15 is 0 Å². The molecule has 3 aromatic carbocycles. The van der Waals surface area contributed by atoms with E-state index in [2.05, 4.69) is 21.2 Å². The number of benzene rings is 3. The van der Waals surface area contributed by atoms with Crippen molar-refractivity contribution in [1.29, 1.82) is 0 Å². The van der Waals surface area contributed by atoms with Crippen LogP contribution in [0.4, 0.5) is 4.79 Å². The summed E-state index contributed by atoms with van der Waals surface area (Å²) >= 11 is 3.52. The molecule has 0 bridgehead atoms. The largest absolute Gasteiger partial charge is 0.329 e. The molecule has 2 aliphatic heterocycles. The molecule has 2 aliphatic rings. The van der Waals surface area contributed by atoms with E-state index in [0.717, 1.165) is 22.9 Å². The minimum Gasteiger partial charge on any atom is -0.329 e. The first-order chi connectivity index (χ1) is 18.7. The lowest BCUT2D eigenvalue weighted by Gasteiger charge is -2.39. The molecule has 4 atom stereocenters. The molecule has 0 spiro atoms. The van der Waals surface area contributed by atoms with E-state index in [0.29, 0.717) is 0 Å². The van der Waals surface area contributed by atoms with Gasteiger partial charge in [0.1, 0.15) is 11.7 Å². The molecule has 0 aliphatic carbocycles. The van der Waals surface area contributed by atoms with E-state index < -0.39 is 51.1 Å². The predicted molar refractivity (Wildman–Crippen MR) is 146 cm³/mol. The zero-order chi connectivity index (χ0) is 27.6. The highest BCUT2D eigenvalue weighted by atomic mass is 79.9. The van der Waals surface area contributed by atoms with Crippen molar-refractivity contribution in [2.45, 2.75) is 35.5 Å².